The van der Waals surface area contributed by atoms with E-state index in [-0.39, 0.29) is 18.0 Å². The van der Waals surface area contributed by atoms with Gasteiger partial charge in [-0.3, -0.25) is 9.69 Å². The van der Waals surface area contributed by atoms with Gasteiger partial charge in [-0.25, -0.2) is 4.39 Å². The minimum atomic E-state index is -0.563. The van der Waals surface area contributed by atoms with Gasteiger partial charge < -0.3 is 10.8 Å². The van der Waals surface area contributed by atoms with Gasteiger partial charge in [0.2, 0.25) is 5.91 Å². The Labute approximate surface area is 118 Å². The molecule has 5 heteroatoms. The largest absolute Gasteiger partial charge is 0.391 e. The first-order chi connectivity index (χ1) is 9.49. The maximum atomic E-state index is 13.8. The second kappa shape index (κ2) is 6.33. The van der Waals surface area contributed by atoms with Crippen LogP contribution in [0.15, 0.2) is 18.2 Å². The highest BCUT2D eigenvalue weighted by Gasteiger charge is 2.27. The lowest BCUT2D eigenvalue weighted by atomic mass is 9.91. The van der Waals surface area contributed by atoms with Crippen LogP contribution < -0.4 is 5.73 Å². The number of likely N-dealkylation sites (N-methyl/N-ethyl adjacent to an activating group) is 1. The number of carbonyl (C=O) groups is 1. The summed E-state index contributed by atoms with van der Waals surface area (Å²) < 4.78 is 13.8. The summed E-state index contributed by atoms with van der Waals surface area (Å²) in [5.74, 6) is -0.918. The van der Waals surface area contributed by atoms with Gasteiger partial charge in [-0.2, -0.15) is 0 Å². The van der Waals surface area contributed by atoms with E-state index in [4.69, 9.17) is 5.73 Å². The average molecular weight is 280 g/mol. The lowest BCUT2D eigenvalue weighted by Gasteiger charge is -2.35. The molecule has 1 amide bonds. The smallest absolute Gasteiger partial charge is 0.248 e. The third-order valence-corrected chi connectivity index (χ3v) is 4.01. The zero-order valence-corrected chi connectivity index (χ0v) is 11.7. The van der Waals surface area contributed by atoms with E-state index in [2.05, 4.69) is 0 Å². The number of aliphatic hydroxyl groups excluding tert-OH is 1. The normalized spacial score (nSPS) is 23.0. The Morgan fingerprint density at radius 2 is 2.15 bits per heavy atom. The van der Waals surface area contributed by atoms with Crippen LogP contribution in [0.25, 0.3) is 0 Å². The summed E-state index contributed by atoms with van der Waals surface area (Å²) in [4.78, 5) is 13.1. The zero-order chi connectivity index (χ0) is 14.7. The maximum absolute atomic E-state index is 13.8. The molecule has 0 radical (unpaired) electrons. The van der Waals surface area contributed by atoms with Crippen LogP contribution in [0.4, 0.5) is 4.39 Å². The summed E-state index contributed by atoms with van der Waals surface area (Å²) in [6, 6.07) is 4.18. The number of primary amides is 1. The number of rotatable bonds is 4. The third kappa shape index (κ3) is 3.35. The van der Waals surface area contributed by atoms with Gasteiger partial charge in [0.25, 0.3) is 0 Å². The Morgan fingerprint density at radius 3 is 2.80 bits per heavy atom. The van der Waals surface area contributed by atoms with Gasteiger partial charge in [-0.1, -0.05) is 12.8 Å². The van der Waals surface area contributed by atoms with Crippen molar-refractivity contribution in [1.82, 2.24) is 4.90 Å². The number of nitrogens with two attached hydrogens (primary N) is 1. The molecule has 4 nitrogen and oxygen atoms in total. The fraction of sp³-hybridized carbons (Fsp3) is 0.533. The predicted octanol–water partition coefficient (Wildman–Crippen LogP) is 1.66. The van der Waals surface area contributed by atoms with Gasteiger partial charge in [-0.15, -0.1) is 0 Å². The van der Waals surface area contributed by atoms with Crippen molar-refractivity contribution < 1.29 is 14.3 Å². The van der Waals surface area contributed by atoms with Crippen LogP contribution >= 0.6 is 0 Å². The van der Waals surface area contributed by atoms with Crippen LogP contribution in [0.1, 0.15) is 41.6 Å². The topological polar surface area (TPSA) is 66.6 Å². The molecule has 0 aromatic heterocycles. The summed E-state index contributed by atoms with van der Waals surface area (Å²) in [6.07, 6.45) is 3.46. The molecule has 2 atom stereocenters. The van der Waals surface area contributed by atoms with Crippen molar-refractivity contribution in [3.63, 3.8) is 0 Å². The summed E-state index contributed by atoms with van der Waals surface area (Å²) in [5, 5.41) is 10.0. The Bertz CT molecular complexity index is 493. The van der Waals surface area contributed by atoms with Crippen LogP contribution in [-0.2, 0) is 6.54 Å². The van der Waals surface area contributed by atoms with Crippen molar-refractivity contribution >= 4 is 5.91 Å². The van der Waals surface area contributed by atoms with Crippen LogP contribution in [0.2, 0.25) is 0 Å². The Balaban J connectivity index is 2.12. The molecule has 1 aromatic carbocycles. The molecule has 0 aliphatic heterocycles. The number of nitrogens with zero attached hydrogens (tertiary/aromatic N) is 1. The van der Waals surface area contributed by atoms with Gasteiger partial charge >= 0.3 is 0 Å². The van der Waals surface area contributed by atoms with Crippen molar-refractivity contribution in [2.24, 2.45) is 5.73 Å². The second-order valence-electron chi connectivity index (χ2n) is 5.50. The van der Waals surface area contributed by atoms with Crippen LogP contribution in [0.5, 0.6) is 0 Å². The van der Waals surface area contributed by atoms with Crippen molar-refractivity contribution in [3.8, 4) is 0 Å². The molecule has 0 bridgehead atoms. The van der Waals surface area contributed by atoms with Crippen LogP contribution in [-0.4, -0.2) is 35.1 Å². The molecule has 2 unspecified atom stereocenters. The molecule has 1 aliphatic carbocycles. The number of hydrogen-bond acceptors (Lipinski definition) is 3. The highest BCUT2D eigenvalue weighted by Crippen LogP contribution is 2.24. The first-order valence-electron chi connectivity index (χ1n) is 6.95. The second-order valence-corrected chi connectivity index (χ2v) is 5.50. The molecule has 1 saturated carbocycles. The fourth-order valence-corrected chi connectivity index (χ4v) is 2.84. The van der Waals surface area contributed by atoms with E-state index >= 15 is 0 Å². The SMILES string of the molecule is CN(Cc1cc(C(N)=O)ccc1F)C1CCCCC1O. The summed E-state index contributed by atoms with van der Waals surface area (Å²) in [6.45, 7) is 0.356. The molecule has 3 N–H and O–H groups in total. The molecule has 0 saturated heterocycles. The monoisotopic (exact) mass is 280 g/mol. The molecule has 0 heterocycles. The molecule has 1 fully saturated rings. The van der Waals surface area contributed by atoms with E-state index in [9.17, 15) is 14.3 Å². The van der Waals surface area contributed by atoms with Crippen molar-refractivity contribution in [2.45, 2.75) is 44.4 Å². The number of aliphatic hydroxyl groups is 1. The van der Waals surface area contributed by atoms with Crippen LogP contribution in [0.3, 0.4) is 0 Å². The van der Waals surface area contributed by atoms with E-state index in [0.717, 1.165) is 25.7 Å². The summed E-state index contributed by atoms with van der Waals surface area (Å²) in [7, 11) is 1.87. The quantitative estimate of drug-likeness (QED) is 0.881. The van der Waals surface area contributed by atoms with E-state index in [1.165, 1.54) is 18.2 Å². The number of hydrogen-bond donors (Lipinski definition) is 2. The molecule has 20 heavy (non-hydrogen) atoms. The molecule has 1 aromatic rings. The highest BCUT2D eigenvalue weighted by atomic mass is 19.1. The molecular weight excluding hydrogens is 259 g/mol. The summed E-state index contributed by atoms with van der Waals surface area (Å²) >= 11 is 0. The highest BCUT2D eigenvalue weighted by molar-refractivity contribution is 5.92. The Hall–Kier alpha value is -1.46. The molecule has 0 spiro atoms. The number of carbonyl (C=O) groups excluding carboxylic acids is 1. The summed E-state index contributed by atoms with van der Waals surface area (Å²) in [5.41, 5.74) is 5.95. The fourth-order valence-electron chi connectivity index (χ4n) is 2.84. The number of halogens is 1. The van der Waals surface area contributed by atoms with E-state index in [0.29, 0.717) is 17.7 Å². The number of amides is 1. The first kappa shape index (κ1) is 14.9. The van der Waals surface area contributed by atoms with E-state index in [1.54, 1.807) is 0 Å². The zero-order valence-electron chi connectivity index (χ0n) is 11.7. The first-order valence-corrected chi connectivity index (χ1v) is 6.95. The van der Waals surface area contributed by atoms with Crippen molar-refractivity contribution in [1.29, 1.82) is 0 Å². The van der Waals surface area contributed by atoms with Gasteiger partial charge in [0, 0.05) is 23.7 Å². The molecule has 110 valence electrons. The van der Waals surface area contributed by atoms with Gasteiger partial charge in [0.15, 0.2) is 0 Å². The minimum Gasteiger partial charge on any atom is -0.391 e. The average Bonchev–Trinajstić information content (AvgIpc) is 2.41. The van der Waals surface area contributed by atoms with Crippen LogP contribution in [0, 0.1) is 5.82 Å². The predicted molar refractivity (Wildman–Crippen MR) is 74.6 cm³/mol. The third-order valence-electron chi connectivity index (χ3n) is 4.01. The minimum absolute atomic E-state index is 0.0420. The van der Waals surface area contributed by atoms with Gasteiger partial charge in [-0.05, 0) is 38.1 Å². The van der Waals surface area contributed by atoms with Crippen molar-refractivity contribution in [3.05, 3.63) is 35.1 Å². The van der Waals surface area contributed by atoms with E-state index in [1.807, 2.05) is 11.9 Å². The standard InChI is InChI=1S/C15H21FN2O2/c1-18(13-4-2-3-5-14(13)19)9-11-8-10(15(17)20)6-7-12(11)16/h6-8,13-14,19H,2-5,9H2,1H3,(H2,17,20). The Kier molecular flexibility index (Phi) is 4.73. The Morgan fingerprint density at radius 1 is 1.45 bits per heavy atom. The van der Waals surface area contributed by atoms with E-state index < -0.39 is 5.91 Å². The van der Waals surface area contributed by atoms with Gasteiger partial charge in [0.05, 0.1) is 6.10 Å². The molecular formula is C15H21FN2O2. The molecule has 2 rings (SSSR count). The lowest BCUT2D eigenvalue weighted by Crippen LogP contribution is -2.43. The van der Waals surface area contributed by atoms with Gasteiger partial charge in [0.1, 0.15) is 5.82 Å². The number of benzene rings is 1. The van der Waals surface area contributed by atoms with Crippen molar-refractivity contribution in [2.75, 3.05) is 7.05 Å². The molecule has 1 aliphatic rings. The maximum Gasteiger partial charge on any atom is 0.248 e. The lowest BCUT2D eigenvalue weighted by molar-refractivity contribution is 0.0284.